The Labute approximate surface area is 160 Å². The lowest BCUT2D eigenvalue weighted by Crippen LogP contribution is -2.38. The molecule has 0 aliphatic carbocycles. The van der Waals surface area contributed by atoms with Gasteiger partial charge in [-0.1, -0.05) is 18.2 Å². The number of para-hydroxylation sites is 1. The van der Waals surface area contributed by atoms with Gasteiger partial charge in [-0.25, -0.2) is 0 Å². The van der Waals surface area contributed by atoms with Crippen molar-refractivity contribution in [2.75, 3.05) is 41.5 Å². The number of ether oxygens (including phenoxy) is 4. The first-order valence-corrected chi connectivity index (χ1v) is 8.63. The van der Waals surface area contributed by atoms with Gasteiger partial charge in [0.2, 0.25) is 0 Å². The maximum Gasteiger partial charge on any atom is 0.191 e. The quantitative estimate of drug-likeness (QED) is 0.400. The van der Waals surface area contributed by atoms with Crippen LogP contribution in [0.4, 0.5) is 0 Å². The largest absolute Gasteiger partial charge is 0.496 e. The summed E-state index contributed by atoms with van der Waals surface area (Å²) in [5.41, 5.74) is 0.929. The normalized spacial score (nSPS) is 10.9. The molecule has 2 N–H and O–H groups in total. The van der Waals surface area contributed by atoms with Gasteiger partial charge in [0, 0.05) is 25.2 Å². The van der Waals surface area contributed by atoms with Crippen LogP contribution < -0.4 is 29.6 Å². The Morgan fingerprint density at radius 2 is 1.56 bits per heavy atom. The van der Waals surface area contributed by atoms with Crippen LogP contribution in [0, 0.1) is 0 Å². The maximum atomic E-state index is 5.66. The van der Waals surface area contributed by atoms with Gasteiger partial charge in [-0.15, -0.1) is 0 Å². The van der Waals surface area contributed by atoms with E-state index in [2.05, 4.69) is 15.6 Å². The molecule has 0 radical (unpaired) electrons. The minimum Gasteiger partial charge on any atom is -0.496 e. The molecule has 146 valence electrons. The van der Waals surface area contributed by atoms with Crippen LogP contribution in [0.5, 0.6) is 23.0 Å². The fraction of sp³-hybridized carbons (Fsp3) is 0.350. The molecule has 0 amide bonds. The minimum absolute atomic E-state index is 0.517. The van der Waals surface area contributed by atoms with Crippen LogP contribution in [0.3, 0.4) is 0 Å². The van der Waals surface area contributed by atoms with Crippen molar-refractivity contribution in [3.8, 4) is 23.0 Å². The van der Waals surface area contributed by atoms with E-state index in [4.69, 9.17) is 18.9 Å². The number of methoxy groups -OCH3 is 3. The second-order valence-corrected chi connectivity index (χ2v) is 5.53. The minimum atomic E-state index is 0.517. The van der Waals surface area contributed by atoms with Crippen molar-refractivity contribution in [3.63, 3.8) is 0 Å². The summed E-state index contributed by atoms with van der Waals surface area (Å²) in [7, 11) is 6.55. The lowest BCUT2D eigenvalue weighted by Gasteiger charge is -2.16. The lowest BCUT2D eigenvalue weighted by molar-refractivity contribution is 0.322. The smallest absolute Gasteiger partial charge is 0.191 e. The fourth-order valence-corrected chi connectivity index (χ4v) is 2.49. The van der Waals surface area contributed by atoms with Crippen LogP contribution >= 0.6 is 0 Å². The number of hydrogen-bond acceptors (Lipinski definition) is 5. The molecular formula is C20H27N3O4. The van der Waals surface area contributed by atoms with E-state index in [0.29, 0.717) is 42.9 Å². The third-order valence-corrected chi connectivity index (χ3v) is 3.86. The summed E-state index contributed by atoms with van der Waals surface area (Å²) in [6.45, 7) is 1.67. The predicted octanol–water partition coefficient (Wildman–Crippen LogP) is 2.46. The molecule has 0 aliphatic heterocycles. The molecule has 0 saturated heterocycles. The maximum absolute atomic E-state index is 5.66. The van der Waals surface area contributed by atoms with Crippen LogP contribution in [0.1, 0.15) is 5.56 Å². The lowest BCUT2D eigenvalue weighted by atomic mass is 10.1. The van der Waals surface area contributed by atoms with Crippen LogP contribution in [0.25, 0.3) is 0 Å². The van der Waals surface area contributed by atoms with Gasteiger partial charge in [-0.3, -0.25) is 4.99 Å². The Hall–Kier alpha value is -3.09. The van der Waals surface area contributed by atoms with Gasteiger partial charge in [0.25, 0.3) is 0 Å². The number of nitrogens with one attached hydrogen (secondary N) is 2. The van der Waals surface area contributed by atoms with E-state index in [-0.39, 0.29) is 0 Å². The number of guanidine groups is 1. The average molecular weight is 373 g/mol. The number of rotatable bonds is 9. The van der Waals surface area contributed by atoms with E-state index in [1.54, 1.807) is 34.4 Å². The molecule has 7 nitrogen and oxygen atoms in total. The van der Waals surface area contributed by atoms with Crippen molar-refractivity contribution in [3.05, 3.63) is 48.0 Å². The second-order valence-electron chi connectivity index (χ2n) is 5.53. The van der Waals surface area contributed by atoms with Gasteiger partial charge in [0.05, 0.1) is 27.9 Å². The molecule has 2 aromatic rings. The van der Waals surface area contributed by atoms with Crippen molar-refractivity contribution in [1.82, 2.24) is 10.6 Å². The Bertz CT molecular complexity index is 736. The molecule has 2 rings (SSSR count). The first-order chi connectivity index (χ1) is 13.2. The van der Waals surface area contributed by atoms with E-state index in [9.17, 15) is 0 Å². The van der Waals surface area contributed by atoms with Gasteiger partial charge in [0.1, 0.15) is 18.1 Å². The number of nitrogens with zero attached hydrogens (tertiary/aromatic N) is 1. The summed E-state index contributed by atoms with van der Waals surface area (Å²) in [5, 5.41) is 6.47. The summed E-state index contributed by atoms with van der Waals surface area (Å²) >= 11 is 0. The van der Waals surface area contributed by atoms with Crippen molar-refractivity contribution >= 4 is 5.96 Å². The molecular weight excluding hydrogens is 346 g/mol. The van der Waals surface area contributed by atoms with Crippen LogP contribution in [0.15, 0.2) is 47.5 Å². The summed E-state index contributed by atoms with van der Waals surface area (Å²) in [4.78, 5) is 4.22. The van der Waals surface area contributed by atoms with E-state index in [0.717, 1.165) is 11.3 Å². The zero-order chi connectivity index (χ0) is 19.5. The fourth-order valence-electron chi connectivity index (χ4n) is 2.49. The third-order valence-electron chi connectivity index (χ3n) is 3.86. The highest BCUT2D eigenvalue weighted by Gasteiger charge is 2.12. The third kappa shape index (κ3) is 5.99. The molecule has 0 spiro atoms. The number of benzene rings is 2. The molecule has 27 heavy (non-hydrogen) atoms. The molecule has 0 saturated carbocycles. The molecule has 0 heterocycles. The average Bonchev–Trinajstić information content (AvgIpc) is 2.73. The first-order valence-electron chi connectivity index (χ1n) is 8.63. The highest BCUT2D eigenvalue weighted by atomic mass is 16.5. The van der Waals surface area contributed by atoms with Crippen LogP contribution in [-0.2, 0) is 6.54 Å². The molecule has 2 aromatic carbocycles. The van der Waals surface area contributed by atoms with Gasteiger partial charge >= 0.3 is 0 Å². The molecule has 7 heteroatoms. The van der Waals surface area contributed by atoms with Crippen LogP contribution in [0.2, 0.25) is 0 Å². The Morgan fingerprint density at radius 3 is 2.19 bits per heavy atom. The highest BCUT2D eigenvalue weighted by Crippen LogP contribution is 2.34. The van der Waals surface area contributed by atoms with Crippen molar-refractivity contribution in [1.29, 1.82) is 0 Å². The van der Waals surface area contributed by atoms with E-state index in [1.165, 1.54) is 0 Å². The van der Waals surface area contributed by atoms with Crippen molar-refractivity contribution in [2.24, 2.45) is 4.99 Å². The van der Waals surface area contributed by atoms with Crippen molar-refractivity contribution < 1.29 is 18.9 Å². The number of hydrogen-bond donors (Lipinski definition) is 2. The van der Waals surface area contributed by atoms with Gasteiger partial charge < -0.3 is 29.6 Å². The van der Waals surface area contributed by atoms with Gasteiger partial charge in [0.15, 0.2) is 17.5 Å². The molecule has 0 aliphatic rings. The molecule has 0 aromatic heterocycles. The van der Waals surface area contributed by atoms with E-state index in [1.807, 2.05) is 36.4 Å². The zero-order valence-corrected chi connectivity index (χ0v) is 16.2. The van der Waals surface area contributed by atoms with Gasteiger partial charge in [-0.2, -0.15) is 0 Å². The Morgan fingerprint density at radius 1 is 0.889 bits per heavy atom. The summed E-state index contributed by atoms with van der Waals surface area (Å²) in [6, 6.07) is 13.4. The molecule has 0 unspecified atom stereocenters. The summed E-state index contributed by atoms with van der Waals surface area (Å²) in [5.74, 6) is 3.50. The van der Waals surface area contributed by atoms with E-state index < -0.39 is 0 Å². The van der Waals surface area contributed by atoms with Crippen LogP contribution in [-0.4, -0.2) is 47.5 Å². The summed E-state index contributed by atoms with van der Waals surface area (Å²) < 4.78 is 21.8. The standard InChI is InChI=1S/C20H27N3O4/c1-21-20(22-10-11-27-16-8-6-5-7-9-16)23-14-15-12-18(25-3)19(26-4)13-17(15)24-2/h5-9,12-13H,10-11,14H2,1-4H3,(H2,21,22,23). The molecule has 0 fully saturated rings. The van der Waals surface area contributed by atoms with E-state index >= 15 is 0 Å². The number of aliphatic imine (C=N–C) groups is 1. The Kier molecular flexibility index (Phi) is 8.09. The topological polar surface area (TPSA) is 73.3 Å². The second kappa shape index (κ2) is 10.8. The van der Waals surface area contributed by atoms with Crippen molar-refractivity contribution in [2.45, 2.75) is 6.54 Å². The highest BCUT2D eigenvalue weighted by molar-refractivity contribution is 5.79. The Balaban J connectivity index is 1.88. The first kappa shape index (κ1) is 20.2. The predicted molar refractivity (Wildman–Crippen MR) is 106 cm³/mol. The summed E-state index contributed by atoms with van der Waals surface area (Å²) in [6.07, 6.45) is 0. The zero-order valence-electron chi connectivity index (χ0n) is 16.2. The molecule has 0 bridgehead atoms. The SMILES string of the molecule is CN=C(NCCOc1ccccc1)NCc1cc(OC)c(OC)cc1OC. The van der Waals surface area contributed by atoms with Gasteiger partial charge in [-0.05, 0) is 18.2 Å². The monoisotopic (exact) mass is 373 g/mol. The molecule has 0 atom stereocenters.